The van der Waals surface area contributed by atoms with Gasteiger partial charge in [0.05, 0.1) is 38.8 Å². The summed E-state index contributed by atoms with van der Waals surface area (Å²) in [5.74, 6) is 2.60. The Morgan fingerprint density at radius 1 is 0.875 bits per heavy atom. The summed E-state index contributed by atoms with van der Waals surface area (Å²) in [5.41, 5.74) is 3.72. The zero-order chi connectivity index (χ0) is 22.1. The second kappa shape index (κ2) is 8.72. The molecule has 0 amide bonds. The Balaban J connectivity index is 1.39. The maximum Gasteiger partial charge on any atom is 0.203 e. The lowest BCUT2D eigenvalue weighted by Crippen LogP contribution is -2.07. The van der Waals surface area contributed by atoms with Gasteiger partial charge in [0.2, 0.25) is 5.75 Å². The third kappa shape index (κ3) is 4.51. The lowest BCUT2D eigenvalue weighted by atomic mass is 10.1. The van der Waals surface area contributed by atoms with Crippen molar-refractivity contribution in [2.24, 2.45) is 7.05 Å². The van der Waals surface area contributed by atoms with Crippen LogP contribution in [0.3, 0.4) is 0 Å². The maximum atomic E-state index is 5.90. The quantitative estimate of drug-likeness (QED) is 0.449. The van der Waals surface area contributed by atoms with Crippen molar-refractivity contribution in [3.63, 3.8) is 0 Å². The summed E-state index contributed by atoms with van der Waals surface area (Å²) in [6.07, 6.45) is 0.378. The number of rotatable bonds is 10. The van der Waals surface area contributed by atoms with Gasteiger partial charge in [-0.15, -0.1) is 0 Å². The van der Waals surface area contributed by atoms with Crippen molar-refractivity contribution in [1.29, 1.82) is 0 Å². The minimum atomic E-state index is 0.141. The molecule has 0 aliphatic carbocycles. The molecule has 0 bridgehead atoms. The first kappa shape index (κ1) is 20.7. The molecule has 0 radical (unpaired) electrons. The summed E-state index contributed by atoms with van der Waals surface area (Å²) in [4.78, 5) is 0. The zero-order valence-corrected chi connectivity index (χ0v) is 18.4. The standard InChI is InChI=1S/C24H26N2O6/c1-26-21(10-20(25-26)15-4-6-17(7-5-15)29-11-18-12-30-18)16-8-22(27-2)24(23(9-16)28-3)32-14-19-13-31-19/h4-10,18-19H,11-14H2,1-3H3. The van der Waals surface area contributed by atoms with E-state index in [-0.39, 0.29) is 12.2 Å². The smallest absolute Gasteiger partial charge is 0.203 e. The highest BCUT2D eigenvalue weighted by atomic mass is 16.6. The number of epoxide rings is 2. The first-order chi connectivity index (χ1) is 15.6. The Bertz CT molecular complexity index is 1060. The second-order valence-electron chi connectivity index (χ2n) is 7.81. The molecule has 2 unspecified atom stereocenters. The number of aryl methyl sites for hydroxylation is 1. The van der Waals surface area contributed by atoms with Gasteiger partial charge in [-0.25, -0.2) is 0 Å². The van der Waals surface area contributed by atoms with Crippen LogP contribution in [0.2, 0.25) is 0 Å². The highest BCUT2D eigenvalue weighted by molar-refractivity contribution is 5.73. The van der Waals surface area contributed by atoms with Crippen LogP contribution >= 0.6 is 0 Å². The zero-order valence-electron chi connectivity index (χ0n) is 18.4. The molecule has 32 heavy (non-hydrogen) atoms. The Kier molecular flexibility index (Phi) is 5.63. The molecule has 2 saturated heterocycles. The van der Waals surface area contributed by atoms with Gasteiger partial charge >= 0.3 is 0 Å². The van der Waals surface area contributed by atoms with Gasteiger partial charge in [-0.1, -0.05) is 0 Å². The molecule has 2 fully saturated rings. The second-order valence-corrected chi connectivity index (χ2v) is 7.81. The van der Waals surface area contributed by atoms with Gasteiger partial charge in [0.25, 0.3) is 0 Å². The van der Waals surface area contributed by atoms with Gasteiger partial charge in [0, 0.05) is 18.2 Å². The normalized spacial score (nSPS) is 18.8. The number of methoxy groups -OCH3 is 2. The number of benzene rings is 2. The fraction of sp³-hybridized carbons (Fsp3) is 0.375. The van der Waals surface area contributed by atoms with E-state index in [1.165, 1.54) is 0 Å². The van der Waals surface area contributed by atoms with Crippen LogP contribution in [-0.4, -0.2) is 62.6 Å². The first-order valence-corrected chi connectivity index (χ1v) is 10.5. The molecule has 5 rings (SSSR count). The van der Waals surface area contributed by atoms with Crippen LogP contribution in [0.4, 0.5) is 0 Å². The van der Waals surface area contributed by atoms with Gasteiger partial charge in [0.15, 0.2) is 11.5 Å². The number of aromatic nitrogens is 2. The van der Waals surface area contributed by atoms with Crippen molar-refractivity contribution in [2.75, 3.05) is 40.6 Å². The lowest BCUT2D eigenvalue weighted by molar-refractivity contribution is 0.241. The highest BCUT2D eigenvalue weighted by Gasteiger charge is 2.26. The molecular weight excluding hydrogens is 412 g/mol. The van der Waals surface area contributed by atoms with E-state index in [2.05, 4.69) is 0 Å². The molecule has 8 nitrogen and oxygen atoms in total. The summed E-state index contributed by atoms with van der Waals surface area (Å²) < 4.78 is 35.1. The fourth-order valence-corrected chi connectivity index (χ4v) is 3.46. The van der Waals surface area contributed by atoms with E-state index in [1.54, 1.807) is 14.2 Å². The molecule has 168 valence electrons. The molecule has 1 aromatic heterocycles. The Hall–Kier alpha value is -3.23. The topological polar surface area (TPSA) is 79.8 Å². The number of ether oxygens (including phenoxy) is 6. The Morgan fingerprint density at radius 2 is 1.47 bits per heavy atom. The van der Waals surface area contributed by atoms with Crippen LogP contribution in [-0.2, 0) is 16.5 Å². The monoisotopic (exact) mass is 438 g/mol. The van der Waals surface area contributed by atoms with Gasteiger partial charge in [0.1, 0.15) is 31.2 Å². The van der Waals surface area contributed by atoms with Crippen molar-refractivity contribution >= 4 is 0 Å². The molecule has 0 N–H and O–H groups in total. The maximum absolute atomic E-state index is 5.90. The van der Waals surface area contributed by atoms with Gasteiger partial charge in [-0.05, 0) is 42.5 Å². The molecule has 3 heterocycles. The van der Waals surface area contributed by atoms with Crippen LogP contribution in [0.5, 0.6) is 23.0 Å². The molecule has 3 aromatic rings. The van der Waals surface area contributed by atoms with Gasteiger partial charge in [-0.3, -0.25) is 4.68 Å². The van der Waals surface area contributed by atoms with E-state index in [9.17, 15) is 0 Å². The largest absolute Gasteiger partial charge is 0.493 e. The van der Waals surface area contributed by atoms with Crippen LogP contribution in [0.15, 0.2) is 42.5 Å². The Labute approximate surface area is 186 Å². The van der Waals surface area contributed by atoms with E-state index in [1.807, 2.05) is 54.2 Å². The van der Waals surface area contributed by atoms with Crippen LogP contribution in [0.1, 0.15) is 0 Å². The number of nitrogens with zero attached hydrogens (tertiary/aromatic N) is 2. The molecule has 2 aliphatic rings. The molecule has 2 aliphatic heterocycles. The predicted octanol–water partition coefficient (Wildman–Crippen LogP) is 3.33. The summed E-state index contributed by atoms with van der Waals surface area (Å²) in [6.45, 7) is 2.56. The first-order valence-electron chi connectivity index (χ1n) is 10.5. The number of hydrogen-bond donors (Lipinski definition) is 0. The summed E-state index contributed by atoms with van der Waals surface area (Å²) in [7, 11) is 5.15. The van der Waals surface area contributed by atoms with Crippen molar-refractivity contribution in [1.82, 2.24) is 9.78 Å². The van der Waals surface area contributed by atoms with E-state index in [4.69, 9.17) is 33.5 Å². The van der Waals surface area contributed by atoms with Crippen molar-refractivity contribution in [3.05, 3.63) is 42.5 Å². The molecule has 0 spiro atoms. The molecule has 2 atom stereocenters. The molecule has 8 heteroatoms. The summed E-state index contributed by atoms with van der Waals surface area (Å²) >= 11 is 0. The highest BCUT2D eigenvalue weighted by Crippen LogP contribution is 2.42. The van der Waals surface area contributed by atoms with Gasteiger partial charge < -0.3 is 28.4 Å². The van der Waals surface area contributed by atoms with Crippen LogP contribution in [0, 0.1) is 0 Å². The summed E-state index contributed by atoms with van der Waals surface area (Å²) in [6, 6.07) is 13.8. The third-order valence-corrected chi connectivity index (χ3v) is 5.44. The van der Waals surface area contributed by atoms with E-state index in [0.29, 0.717) is 30.5 Å². The SMILES string of the molecule is COc1cc(-c2cc(-c3ccc(OCC4CO4)cc3)nn2C)cc(OC)c1OCC1CO1. The van der Waals surface area contributed by atoms with E-state index >= 15 is 0 Å². The molecule has 0 saturated carbocycles. The van der Waals surface area contributed by atoms with Crippen LogP contribution in [0.25, 0.3) is 22.5 Å². The van der Waals surface area contributed by atoms with E-state index < -0.39 is 0 Å². The third-order valence-electron chi connectivity index (χ3n) is 5.44. The van der Waals surface area contributed by atoms with Crippen LogP contribution < -0.4 is 18.9 Å². The lowest BCUT2D eigenvalue weighted by Gasteiger charge is -2.15. The number of hydrogen-bond acceptors (Lipinski definition) is 7. The van der Waals surface area contributed by atoms with Crippen molar-refractivity contribution < 1.29 is 28.4 Å². The Morgan fingerprint density at radius 3 is 2.03 bits per heavy atom. The molecule has 2 aromatic carbocycles. The average Bonchev–Trinajstić information content (AvgIpc) is 3.75. The summed E-state index contributed by atoms with van der Waals surface area (Å²) in [5, 5.41) is 4.70. The van der Waals surface area contributed by atoms with E-state index in [0.717, 1.165) is 41.5 Å². The van der Waals surface area contributed by atoms with Gasteiger partial charge in [-0.2, -0.15) is 5.10 Å². The minimum Gasteiger partial charge on any atom is -0.493 e. The van der Waals surface area contributed by atoms with Crippen molar-refractivity contribution in [3.8, 4) is 45.5 Å². The molecular formula is C24H26N2O6. The average molecular weight is 438 g/mol. The minimum absolute atomic E-state index is 0.141. The fourth-order valence-electron chi connectivity index (χ4n) is 3.46. The predicted molar refractivity (Wildman–Crippen MR) is 118 cm³/mol. The van der Waals surface area contributed by atoms with Crippen molar-refractivity contribution in [2.45, 2.75) is 12.2 Å².